The van der Waals surface area contributed by atoms with E-state index in [1.807, 2.05) is 18.2 Å². The second-order valence-electron chi connectivity index (χ2n) is 5.36. The highest BCUT2D eigenvalue weighted by Crippen LogP contribution is 2.17. The maximum atomic E-state index is 6.22. The predicted octanol–water partition coefficient (Wildman–Crippen LogP) is 4.08. The lowest BCUT2D eigenvalue weighted by Gasteiger charge is -2.18. The summed E-state index contributed by atoms with van der Waals surface area (Å²) < 4.78 is 0. The minimum Gasteiger partial charge on any atom is -0.313 e. The zero-order chi connectivity index (χ0) is 15.1. The molecule has 3 heteroatoms. The van der Waals surface area contributed by atoms with Crippen LogP contribution in [0.1, 0.15) is 23.6 Å². The molecular formula is C18H23ClN2. The molecule has 0 saturated heterocycles. The van der Waals surface area contributed by atoms with Gasteiger partial charge in [0, 0.05) is 24.7 Å². The van der Waals surface area contributed by atoms with E-state index in [9.17, 15) is 0 Å². The third-order valence-corrected chi connectivity index (χ3v) is 3.79. The van der Waals surface area contributed by atoms with Crippen molar-refractivity contribution < 1.29 is 0 Å². The van der Waals surface area contributed by atoms with Gasteiger partial charge in [-0.25, -0.2) is 0 Å². The Morgan fingerprint density at radius 2 is 1.76 bits per heavy atom. The summed E-state index contributed by atoms with van der Waals surface area (Å²) in [5, 5.41) is 4.20. The van der Waals surface area contributed by atoms with Crippen molar-refractivity contribution in [3.63, 3.8) is 0 Å². The van der Waals surface area contributed by atoms with Crippen molar-refractivity contribution in [3.8, 4) is 0 Å². The van der Waals surface area contributed by atoms with Gasteiger partial charge in [-0.2, -0.15) is 0 Å². The number of benzene rings is 2. The molecule has 112 valence electrons. The van der Waals surface area contributed by atoms with Gasteiger partial charge in [0.1, 0.15) is 0 Å². The maximum Gasteiger partial charge on any atom is 0.0451 e. The van der Waals surface area contributed by atoms with E-state index in [1.165, 1.54) is 16.7 Å². The second-order valence-corrected chi connectivity index (χ2v) is 5.77. The van der Waals surface area contributed by atoms with Gasteiger partial charge in [0.2, 0.25) is 0 Å². The van der Waals surface area contributed by atoms with Crippen molar-refractivity contribution >= 4 is 11.6 Å². The fraction of sp³-hybridized carbons (Fsp3) is 0.333. The molecule has 0 aliphatic heterocycles. The molecular weight excluding hydrogens is 280 g/mol. The Labute approximate surface area is 132 Å². The van der Waals surface area contributed by atoms with Crippen molar-refractivity contribution in [1.82, 2.24) is 10.2 Å². The van der Waals surface area contributed by atoms with Gasteiger partial charge in [-0.05, 0) is 36.3 Å². The zero-order valence-electron chi connectivity index (χ0n) is 12.8. The van der Waals surface area contributed by atoms with Crippen LogP contribution in [0.2, 0.25) is 5.02 Å². The molecule has 21 heavy (non-hydrogen) atoms. The molecule has 0 radical (unpaired) electrons. The summed E-state index contributed by atoms with van der Waals surface area (Å²) in [5.41, 5.74) is 3.84. The first-order chi connectivity index (χ1) is 10.2. The highest BCUT2D eigenvalue weighted by Gasteiger charge is 2.05. The van der Waals surface area contributed by atoms with E-state index < -0.39 is 0 Å². The number of rotatable bonds is 7. The summed E-state index contributed by atoms with van der Waals surface area (Å²) in [7, 11) is 2.13. The van der Waals surface area contributed by atoms with Crippen LogP contribution in [-0.4, -0.2) is 18.5 Å². The Bertz CT molecular complexity index is 569. The van der Waals surface area contributed by atoms with Crippen molar-refractivity contribution in [3.05, 3.63) is 70.2 Å². The van der Waals surface area contributed by atoms with E-state index in [-0.39, 0.29) is 0 Å². The van der Waals surface area contributed by atoms with Gasteiger partial charge >= 0.3 is 0 Å². The van der Waals surface area contributed by atoms with Gasteiger partial charge in [-0.1, -0.05) is 61.0 Å². The standard InChI is InChI=1S/C18H23ClN2/c1-3-20-12-15-7-6-8-16(11-15)13-21(2)14-17-9-4-5-10-18(17)19/h4-11,20H,3,12-14H2,1-2H3. The van der Waals surface area contributed by atoms with Crippen molar-refractivity contribution in [1.29, 1.82) is 0 Å². The average molecular weight is 303 g/mol. The Kier molecular flexibility index (Phi) is 6.24. The lowest BCUT2D eigenvalue weighted by atomic mass is 10.1. The van der Waals surface area contributed by atoms with Gasteiger partial charge in [-0.15, -0.1) is 0 Å². The molecule has 0 aromatic heterocycles. The van der Waals surface area contributed by atoms with E-state index in [1.54, 1.807) is 0 Å². The molecule has 0 bridgehead atoms. The van der Waals surface area contributed by atoms with Gasteiger partial charge < -0.3 is 5.32 Å². The zero-order valence-corrected chi connectivity index (χ0v) is 13.5. The number of halogens is 1. The first-order valence-corrected chi connectivity index (χ1v) is 7.77. The molecule has 0 amide bonds. The van der Waals surface area contributed by atoms with Crippen LogP contribution in [0.3, 0.4) is 0 Å². The molecule has 0 fully saturated rings. The molecule has 1 N–H and O–H groups in total. The smallest absolute Gasteiger partial charge is 0.0451 e. The Balaban J connectivity index is 1.96. The topological polar surface area (TPSA) is 15.3 Å². The molecule has 0 aliphatic carbocycles. The number of nitrogens with one attached hydrogen (secondary N) is 1. The van der Waals surface area contributed by atoms with Crippen LogP contribution in [0, 0.1) is 0 Å². The molecule has 2 aromatic rings. The Morgan fingerprint density at radius 3 is 2.52 bits per heavy atom. The van der Waals surface area contributed by atoms with Crippen LogP contribution in [0.5, 0.6) is 0 Å². The van der Waals surface area contributed by atoms with Crippen molar-refractivity contribution in [2.45, 2.75) is 26.6 Å². The largest absolute Gasteiger partial charge is 0.313 e. The number of hydrogen-bond donors (Lipinski definition) is 1. The van der Waals surface area contributed by atoms with E-state index in [2.05, 4.69) is 54.5 Å². The van der Waals surface area contributed by atoms with Crippen LogP contribution < -0.4 is 5.32 Å². The minimum absolute atomic E-state index is 0.838. The monoisotopic (exact) mass is 302 g/mol. The van der Waals surface area contributed by atoms with Gasteiger partial charge in [0.15, 0.2) is 0 Å². The number of hydrogen-bond acceptors (Lipinski definition) is 2. The third kappa shape index (κ3) is 5.16. The van der Waals surface area contributed by atoms with Crippen LogP contribution in [0.25, 0.3) is 0 Å². The maximum absolute atomic E-state index is 6.22. The Morgan fingerprint density at radius 1 is 1.00 bits per heavy atom. The molecule has 0 heterocycles. The van der Waals surface area contributed by atoms with Gasteiger partial charge in [0.25, 0.3) is 0 Å². The Hall–Kier alpha value is -1.35. The van der Waals surface area contributed by atoms with E-state index >= 15 is 0 Å². The van der Waals surface area contributed by atoms with Crippen LogP contribution in [0.4, 0.5) is 0 Å². The summed E-state index contributed by atoms with van der Waals surface area (Å²) in [6.45, 7) is 5.83. The molecule has 0 atom stereocenters. The van der Waals surface area contributed by atoms with Crippen molar-refractivity contribution in [2.75, 3.05) is 13.6 Å². The lowest BCUT2D eigenvalue weighted by Crippen LogP contribution is -2.18. The highest BCUT2D eigenvalue weighted by atomic mass is 35.5. The summed E-state index contributed by atoms with van der Waals surface area (Å²) in [5.74, 6) is 0. The molecule has 0 unspecified atom stereocenters. The molecule has 0 spiro atoms. The van der Waals surface area contributed by atoms with Crippen LogP contribution in [0.15, 0.2) is 48.5 Å². The average Bonchev–Trinajstić information content (AvgIpc) is 2.48. The SMILES string of the molecule is CCNCc1cccc(CN(C)Cc2ccccc2Cl)c1. The second kappa shape index (κ2) is 8.18. The first kappa shape index (κ1) is 16.0. The van der Waals surface area contributed by atoms with Gasteiger partial charge in [0.05, 0.1) is 0 Å². The summed E-state index contributed by atoms with van der Waals surface area (Å²) in [6, 6.07) is 16.8. The van der Waals surface area contributed by atoms with E-state index in [4.69, 9.17) is 11.6 Å². The molecule has 0 saturated carbocycles. The highest BCUT2D eigenvalue weighted by molar-refractivity contribution is 6.31. The molecule has 2 rings (SSSR count). The fourth-order valence-corrected chi connectivity index (χ4v) is 2.59. The quantitative estimate of drug-likeness (QED) is 0.829. The molecule has 2 aromatic carbocycles. The van der Waals surface area contributed by atoms with Crippen LogP contribution >= 0.6 is 11.6 Å². The lowest BCUT2D eigenvalue weighted by molar-refractivity contribution is 0.319. The summed E-state index contributed by atoms with van der Waals surface area (Å²) >= 11 is 6.22. The number of nitrogens with zero attached hydrogens (tertiary/aromatic N) is 1. The minimum atomic E-state index is 0.838. The van der Waals surface area contributed by atoms with Crippen LogP contribution in [-0.2, 0) is 19.6 Å². The molecule has 2 nitrogen and oxygen atoms in total. The fourth-order valence-electron chi connectivity index (χ4n) is 2.39. The summed E-state index contributed by atoms with van der Waals surface area (Å²) in [6.07, 6.45) is 0. The normalized spacial score (nSPS) is 11.0. The predicted molar refractivity (Wildman–Crippen MR) is 90.4 cm³/mol. The van der Waals surface area contributed by atoms with Crippen molar-refractivity contribution in [2.24, 2.45) is 0 Å². The van der Waals surface area contributed by atoms with Gasteiger partial charge in [-0.3, -0.25) is 4.90 Å². The molecule has 0 aliphatic rings. The first-order valence-electron chi connectivity index (χ1n) is 7.39. The van der Waals surface area contributed by atoms with E-state index in [0.29, 0.717) is 0 Å². The summed E-state index contributed by atoms with van der Waals surface area (Å²) in [4.78, 5) is 2.29. The van der Waals surface area contributed by atoms with E-state index in [0.717, 1.165) is 31.2 Å². The third-order valence-electron chi connectivity index (χ3n) is 3.42.